The first-order valence-corrected chi connectivity index (χ1v) is 11.0. The molecule has 0 spiro atoms. The normalized spacial score (nSPS) is 17.2. The number of fused-ring (bicyclic) bond motifs is 2. The minimum absolute atomic E-state index is 0.0748. The van der Waals surface area contributed by atoms with Crippen molar-refractivity contribution >= 4 is 44.7 Å². The average molecular weight is 425 g/mol. The molecule has 6 rings (SSSR count). The van der Waals surface area contributed by atoms with E-state index in [1.807, 2.05) is 31.2 Å². The average Bonchev–Trinajstić information content (AvgIpc) is 3.39. The van der Waals surface area contributed by atoms with E-state index in [0.29, 0.717) is 17.8 Å². The molecule has 0 bridgehead atoms. The van der Waals surface area contributed by atoms with Gasteiger partial charge in [-0.15, -0.1) is 0 Å². The SMILES string of the molecule is Cc1[nH]c2ncccc2c1C1=CCC(=O)C(c2nc3ccc(N4CCNCC4)cc3[nH]2)=C1. The zero-order valence-corrected chi connectivity index (χ0v) is 17.9. The fraction of sp³-hybridized carbons (Fsp3) is 0.240. The topological polar surface area (TPSA) is 89.7 Å². The molecule has 0 unspecified atom stereocenters. The number of imidazole rings is 1. The van der Waals surface area contributed by atoms with Gasteiger partial charge in [-0.3, -0.25) is 4.79 Å². The summed E-state index contributed by atoms with van der Waals surface area (Å²) in [7, 11) is 0. The Balaban J connectivity index is 1.40. The number of aromatic amines is 2. The van der Waals surface area contributed by atoms with Crippen molar-refractivity contribution in [2.45, 2.75) is 13.3 Å². The number of pyridine rings is 1. The first-order chi connectivity index (χ1) is 15.7. The lowest BCUT2D eigenvalue weighted by Gasteiger charge is -2.29. The highest BCUT2D eigenvalue weighted by atomic mass is 16.1. The molecule has 0 radical (unpaired) electrons. The van der Waals surface area contributed by atoms with Gasteiger partial charge in [0.05, 0.1) is 16.6 Å². The van der Waals surface area contributed by atoms with Crippen molar-refractivity contribution in [1.29, 1.82) is 0 Å². The van der Waals surface area contributed by atoms with Crippen LogP contribution in [0.5, 0.6) is 0 Å². The van der Waals surface area contributed by atoms with Gasteiger partial charge in [0.15, 0.2) is 5.78 Å². The molecule has 2 aliphatic rings. The number of carbonyl (C=O) groups is 1. The highest BCUT2D eigenvalue weighted by Gasteiger charge is 2.23. The number of aryl methyl sites for hydroxylation is 1. The van der Waals surface area contributed by atoms with Gasteiger partial charge in [0.25, 0.3) is 0 Å². The summed E-state index contributed by atoms with van der Waals surface area (Å²) in [4.78, 5) is 31.1. The number of nitrogens with one attached hydrogen (secondary N) is 3. The number of ketones is 1. The van der Waals surface area contributed by atoms with Gasteiger partial charge in [0.2, 0.25) is 0 Å². The molecule has 0 atom stereocenters. The molecule has 1 aliphatic carbocycles. The Labute approximate surface area is 185 Å². The molecule has 160 valence electrons. The predicted molar refractivity (Wildman–Crippen MR) is 128 cm³/mol. The molecule has 4 aromatic rings. The van der Waals surface area contributed by atoms with Crippen LogP contribution in [-0.4, -0.2) is 51.9 Å². The molecular weight excluding hydrogens is 400 g/mol. The molecule has 0 saturated carbocycles. The summed E-state index contributed by atoms with van der Waals surface area (Å²) >= 11 is 0. The fourth-order valence-electron chi connectivity index (χ4n) is 4.75. The van der Waals surface area contributed by atoms with Crippen LogP contribution in [0.2, 0.25) is 0 Å². The first-order valence-electron chi connectivity index (χ1n) is 11.0. The Kier molecular flexibility index (Phi) is 4.43. The lowest BCUT2D eigenvalue weighted by molar-refractivity contribution is -0.113. The number of hydrogen-bond acceptors (Lipinski definition) is 5. The minimum Gasteiger partial charge on any atom is -0.369 e. The van der Waals surface area contributed by atoms with E-state index in [0.717, 1.165) is 65.1 Å². The van der Waals surface area contributed by atoms with Crippen LogP contribution in [0.4, 0.5) is 5.69 Å². The van der Waals surface area contributed by atoms with E-state index in [-0.39, 0.29) is 5.78 Å². The second-order valence-corrected chi connectivity index (χ2v) is 8.39. The summed E-state index contributed by atoms with van der Waals surface area (Å²) in [6.45, 7) is 6.00. The number of hydrogen-bond donors (Lipinski definition) is 3. The molecule has 7 nitrogen and oxygen atoms in total. The Morgan fingerprint density at radius 3 is 2.84 bits per heavy atom. The van der Waals surface area contributed by atoms with Crippen LogP contribution in [0.1, 0.15) is 23.5 Å². The lowest BCUT2D eigenvalue weighted by atomic mass is 9.92. The van der Waals surface area contributed by atoms with Crippen molar-refractivity contribution in [2.75, 3.05) is 31.1 Å². The Bertz CT molecular complexity index is 1420. The molecular formula is C25H24N6O. The van der Waals surface area contributed by atoms with Crippen molar-refractivity contribution in [3.05, 3.63) is 65.8 Å². The van der Waals surface area contributed by atoms with Crippen molar-refractivity contribution in [3.8, 4) is 0 Å². The molecule has 3 aromatic heterocycles. The second-order valence-electron chi connectivity index (χ2n) is 8.39. The molecule has 0 amide bonds. The quantitative estimate of drug-likeness (QED) is 0.468. The number of carbonyl (C=O) groups excluding carboxylic acids is 1. The standard InChI is InChI=1S/C25H24N6O/c1-15-23(18-3-2-8-27-24(18)28-15)16-4-7-22(32)19(13-16)25-29-20-6-5-17(14-21(20)30-25)31-11-9-26-10-12-31/h2-6,8,13-14,26H,7,9-12H2,1H3,(H,27,28)(H,29,30). The summed E-state index contributed by atoms with van der Waals surface area (Å²) in [5.41, 5.74) is 7.65. The third-order valence-electron chi connectivity index (χ3n) is 6.36. The van der Waals surface area contributed by atoms with E-state index in [1.54, 1.807) is 6.20 Å². The number of allylic oxidation sites excluding steroid dienone is 4. The fourth-order valence-corrected chi connectivity index (χ4v) is 4.75. The number of Topliss-reactive ketones (excluding diaryl/α,β-unsaturated/α-hetero) is 1. The van der Waals surface area contributed by atoms with E-state index in [9.17, 15) is 4.79 Å². The van der Waals surface area contributed by atoms with Gasteiger partial charge in [0.1, 0.15) is 11.5 Å². The number of piperazine rings is 1. The molecule has 1 aromatic carbocycles. The largest absolute Gasteiger partial charge is 0.369 e. The van der Waals surface area contributed by atoms with Crippen LogP contribution in [0.25, 0.3) is 33.2 Å². The van der Waals surface area contributed by atoms with Crippen LogP contribution in [0, 0.1) is 6.92 Å². The van der Waals surface area contributed by atoms with Gasteiger partial charge >= 0.3 is 0 Å². The van der Waals surface area contributed by atoms with E-state index < -0.39 is 0 Å². The maximum atomic E-state index is 12.8. The highest BCUT2D eigenvalue weighted by Crippen LogP contribution is 2.34. The highest BCUT2D eigenvalue weighted by molar-refractivity contribution is 6.25. The minimum atomic E-state index is 0.0748. The smallest absolute Gasteiger partial charge is 0.170 e. The zero-order valence-electron chi connectivity index (χ0n) is 17.9. The number of nitrogens with zero attached hydrogens (tertiary/aromatic N) is 3. The molecule has 1 saturated heterocycles. The molecule has 7 heteroatoms. The van der Waals surface area contributed by atoms with Crippen LogP contribution >= 0.6 is 0 Å². The number of anilines is 1. The number of H-pyrrole nitrogens is 2. The van der Waals surface area contributed by atoms with Crippen molar-refractivity contribution in [2.24, 2.45) is 0 Å². The second kappa shape index (κ2) is 7.46. The van der Waals surface area contributed by atoms with E-state index in [2.05, 4.69) is 43.4 Å². The maximum absolute atomic E-state index is 12.8. The van der Waals surface area contributed by atoms with Gasteiger partial charge in [-0.05, 0) is 48.9 Å². The van der Waals surface area contributed by atoms with Gasteiger partial charge in [-0.2, -0.15) is 0 Å². The molecule has 1 aliphatic heterocycles. The van der Waals surface area contributed by atoms with Crippen LogP contribution in [0.3, 0.4) is 0 Å². The maximum Gasteiger partial charge on any atom is 0.170 e. The Hall–Kier alpha value is -3.71. The van der Waals surface area contributed by atoms with Crippen molar-refractivity contribution < 1.29 is 4.79 Å². The van der Waals surface area contributed by atoms with Crippen LogP contribution < -0.4 is 10.2 Å². The molecule has 1 fully saturated rings. The van der Waals surface area contributed by atoms with Crippen molar-refractivity contribution in [1.82, 2.24) is 25.3 Å². The predicted octanol–water partition coefficient (Wildman–Crippen LogP) is 3.60. The number of benzene rings is 1. The third kappa shape index (κ3) is 3.13. The van der Waals surface area contributed by atoms with Crippen LogP contribution in [0.15, 0.2) is 48.7 Å². The third-order valence-corrected chi connectivity index (χ3v) is 6.36. The summed E-state index contributed by atoms with van der Waals surface area (Å²) in [6, 6.07) is 10.3. The Morgan fingerprint density at radius 1 is 1.09 bits per heavy atom. The van der Waals surface area contributed by atoms with Gasteiger partial charge in [-0.25, -0.2) is 9.97 Å². The zero-order chi connectivity index (χ0) is 21.7. The number of rotatable bonds is 3. The monoisotopic (exact) mass is 424 g/mol. The summed E-state index contributed by atoms with van der Waals surface area (Å²) in [6.07, 6.45) is 6.10. The van der Waals surface area contributed by atoms with E-state index in [4.69, 9.17) is 4.98 Å². The Morgan fingerprint density at radius 2 is 1.97 bits per heavy atom. The lowest BCUT2D eigenvalue weighted by Crippen LogP contribution is -2.43. The summed E-state index contributed by atoms with van der Waals surface area (Å²) in [5.74, 6) is 0.703. The van der Waals surface area contributed by atoms with E-state index in [1.165, 1.54) is 5.69 Å². The van der Waals surface area contributed by atoms with Gasteiger partial charge in [-0.1, -0.05) is 6.08 Å². The van der Waals surface area contributed by atoms with E-state index >= 15 is 0 Å². The number of aromatic nitrogens is 4. The summed E-state index contributed by atoms with van der Waals surface area (Å²) in [5, 5.41) is 4.45. The van der Waals surface area contributed by atoms with Crippen LogP contribution in [-0.2, 0) is 4.79 Å². The molecule has 3 N–H and O–H groups in total. The first kappa shape index (κ1) is 19.0. The van der Waals surface area contributed by atoms with Crippen molar-refractivity contribution in [3.63, 3.8) is 0 Å². The summed E-state index contributed by atoms with van der Waals surface area (Å²) < 4.78 is 0. The van der Waals surface area contributed by atoms with Gasteiger partial charge < -0.3 is 20.2 Å². The molecule has 32 heavy (non-hydrogen) atoms. The van der Waals surface area contributed by atoms with Gasteiger partial charge in [0, 0.05) is 61.1 Å². The molecule has 4 heterocycles.